The third-order valence-electron chi connectivity index (χ3n) is 6.26. The zero-order valence-corrected chi connectivity index (χ0v) is 18.0. The van der Waals surface area contributed by atoms with Crippen molar-refractivity contribution >= 4 is 17.6 Å². The monoisotopic (exact) mass is 425 g/mol. The molecule has 5 nitrogen and oxygen atoms in total. The summed E-state index contributed by atoms with van der Waals surface area (Å²) in [6.45, 7) is 1.41. The van der Waals surface area contributed by atoms with Gasteiger partial charge in [-0.25, -0.2) is 4.79 Å². The molecule has 1 saturated carbocycles. The maximum absolute atomic E-state index is 12.9. The van der Waals surface area contributed by atoms with Gasteiger partial charge >= 0.3 is 6.03 Å². The van der Waals surface area contributed by atoms with Crippen molar-refractivity contribution in [2.24, 2.45) is 5.92 Å². The van der Waals surface area contributed by atoms with Crippen molar-refractivity contribution in [1.82, 2.24) is 10.2 Å². The lowest BCUT2D eigenvalue weighted by Crippen LogP contribution is -2.37. The number of anilines is 1. The Morgan fingerprint density at radius 1 is 0.844 bits per heavy atom. The second-order valence-electron chi connectivity index (χ2n) is 8.62. The maximum atomic E-state index is 12.9. The van der Waals surface area contributed by atoms with Crippen molar-refractivity contribution in [2.75, 3.05) is 11.9 Å². The zero-order valence-electron chi connectivity index (χ0n) is 18.0. The summed E-state index contributed by atoms with van der Waals surface area (Å²) in [7, 11) is 0. The van der Waals surface area contributed by atoms with E-state index in [0.717, 1.165) is 48.2 Å². The third kappa shape index (κ3) is 4.52. The molecule has 5 heteroatoms. The van der Waals surface area contributed by atoms with Crippen LogP contribution in [0.15, 0.2) is 78.9 Å². The number of carbonyl (C=O) groups excluding carboxylic acids is 2. The predicted molar refractivity (Wildman–Crippen MR) is 125 cm³/mol. The van der Waals surface area contributed by atoms with Crippen LogP contribution in [-0.4, -0.2) is 23.4 Å². The van der Waals surface area contributed by atoms with Crippen LogP contribution in [0.2, 0.25) is 0 Å². The summed E-state index contributed by atoms with van der Waals surface area (Å²) >= 11 is 0. The number of carbonyl (C=O) groups is 2. The van der Waals surface area contributed by atoms with Crippen molar-refractivity contribution in [3.05, 3.63) is 101 Å². The van der Waals surface area contributed by atoms with Gasteiger partial charge in [-0.2, -0.15) is 0 Å². The van der Waals surface area contributed by atoms with Crippen molar-refractivity contribution in [3.8, 4) is 0 Å². The summed E-state index contributed by atoms with van der Waals surface area (Å²) in [6.07, 6.45) is 2.91. The van der Waals surface area contributed by atoms with Gasteiger partial charge in [-0.1, -0.05) is 66.7 Å². The lowest BCUT2D eigenvalue weighted by molar-refractivity contribution is -0.133. The summed E-state index contributed by atoms with van der Waals surface area (Å²) in [5.74, 6) is 0.511. The van der Waals surface area contributed by atoms with E-state index in [4.69, 9.17) is 0 Å². The van der Waals surface area contributed by atoms with E-state index in [2.05, 4.69) is 16.7 Å². The van der Waals surface area contributed by atoms with Gasteiger partial charge in [0.25, 0.3) is 0 Å². The SMILES string of the molecule is O=C(Nc1ccc2c(c1)CN(C(=O)C1CC1)CC2)NC(c1ccccc1)c1ccccc1. The lowest BCUT2D eigenvalue weighted by atomic mass is 9.98. The molecule has 0 bridgehead atoms. The summed E-state index contributed by atoms with van der Waals surface area (Å²) < 4.78 is 0. The Morgan fingerprint density at radius 2 is 1.50 bits per heavy atom. The molecular formula is C27H27N3O2. The Kier molecular flexibility index (Phi) is 5.63. The van der Waals surface area contributed by atoms with Gasteiger partial charge in [0.2, 0.25) is 5.91 Å². The third-order valence-corrected chi connectivity index (χ3v) is 6.26. The molecule has 0 unspecified atom stereocenters. The van der Waals surface area contributed by atoms with Crippen LogP contribution in [0.3, 0.4) is 0 Å². The van der Waals surface area contributed by atoms with Gasteiger partial charge in [0.15, 0.2) is 0 Å². The molecule has 0 radical (unpaired) electrons. The molecule has 1 aliphatic carbocycles. The normalized spacial score (nSPS) is 15.2. The van der Waals surface area contributed by atoms with E-state index in [9.17, 15) is 9.59 Å². The quantitative estimate of drug-likeness (QED) is 0.611. The Labute approximate surface area is 188 Å². The molecule has 0 aromatic heterocycles. The number of hydrogen-bond donors (Lipinski definition) is 2. The highest BCUT2D eigenvalue weighted by Gasteiger charge is 2.34. The molecular weight excluding hydrogens is 398 g/mol. The average Bonchev–Trinajstić information content (AvgIpc) is 3.68. The maximum Gasteiger partial charge on any atom is 0.319 e. The molecule has 1 fully saturated rings. The molecule has 1 heterocycles. The molecule has 5 rings (SSSR count). The van der Waals surface area contributed by atoms with Crippen molar-refractivity contribution in [3.63, 3.8) is 0 Å². The molecule has 0 atom stereocenters. The highest BCUT2D eigenvalue weighted by molar-refractivity contribution is 5.90. The molecule has 3 aromatic carbocycles. The van der Waals surface area contributed by atoms with E-state index in [1.807, 2.05) is 77.7 Å². The molecule has 0 saturated heterocycles. The van der Waals surface area contributed by atoms with Crippen molar-refractivity contribution < 1.29 is 9.59 Å². The summed E-state index contributed by atoms with van der Waals surface area (Å²) in [4.78, 5) is 27.4. The van der Waals surface area contributed by atoms with Gasteiger partial charge in [-0.05, 0) is 53.6 Å². The largest absolute Gasteiger partial charge is 0.338 e. The van der Waals surface area contributed by atoms with E-state index in [1.165, 1.54) is 5.56 Å². The standard InChI is InChI=1S/C27H27N3O2/c31-26(22-11-12-22)30-16-15-19-13-14-24(17-23(19)18-30)28-27(32)29-25(20-7-3-1-4-8-20)21-9-5-2-6-10-21/h1-10,13-14,17,22,25H,11-12,15-16,18H2,(H2,28,29,32). The van der Waals surface area contributed by atoms with Crippen LogP contribution in [0.4, 0.5) is 10.5 Å². The first-order chi connectivity index (χ1) is 15.7. The number of benzene rings is 3. The minimum Gasteiger partial charge on any atom is -0.338 e. The first-order valence-corrected chi connectivity index (χ1v) is 11.3. The first-order valence-electron chi connectivity index (χ1n) is 11.3. The number of urea groups is 1. The average molecular weight is 426 g/mol. The Balaban J connectivity index is 1.30. The van der Waals surface area contributed by atoms with Crippen LogP contribution in [-0.2, 0) is 17.8 Å². The van der Waals surface area contributed by atoms with E-state index in [0.29, 0.717) is 6.54 Å². The van der Waals surface area contributed by atoms with E-state index in [1.54, 1.807) is 0 Å². The molecule has 3 amide bonds. The summed E-state index contributed by atoms with van der Waals surface area (Å²) in [6, 6.07) is 25.4. The number of rotatable bonds is 5. The molecule has 3 aromatic rings. The number of nitrogens with one attached hydrogen (secondary N) is 2. The zero-order chi connectivity index (χ0) is 21.9. The molecule has 2 N–H and O–H groups in total. The second kappa shape index (κ2) is 8.87. The Morgan fingerprint density at radius 3 is 2.12 bits per heavy atom. The topological polar surface area (TPSA) is 61.4 Å². The second-order valence-corrected chi connectivity index (χ2v) is 8.62. The fourth-order valence-corrected chi connectivity index (χ4v) is 4.36. The van der Waals surface area contributed by atoms with E-state index in [-0.39, 0.29) is 23.9 Å². The van der Waals surface area contributed by atoms with Crippen LogP contribution < -0.4 is 10.6 Å². The molecule has 1 aliphatic heterocycles. The minimum absolute atomic E-state index is 0.233. The van der Waals surface area contributed by atoms with Crippen LogP contribution in [0, 0.1) is 5.92 Å². The van der Waals surface area contributed by atoms with Gasteiger partial charge in [-0.15, -0.1) is 0 Å². The number of hydrogen-bond acceptors (Lipinski definition) is 2. The van der Waals surface area contributed by atoms with Crippen LogP contribution >= 0.6 is 0 Å². The van der Waals surface area contributed by atoms with Gasteiger partial charge in [0.1, 0.15) is 0 Å². The van der Waals surface area contributed by atoms with Crippen LogP contribution in [0.5, 0.6) is 0 Å². The Hall–Kier alpha value is -3.60. The van der Waals surface area contributed by atoms with Crippen LogP contribution in [0.25, 0.3) is 0 Å². The van der Waals surface area contributed by atoms with Gasteiger partial charge in [0.05, 0.1) is 6.04 Å². The molecule has 162 valence electrons. The fourth-order valence-electron chi connectivity index (χ4n) is 4.36. The number of amides is 3. The smallest absolute Gasteiger partial charge is 0.319 e. The predicted octanol–water partition coefficient (Wildman–Crippen LogP) is 4.89. The fraction of sp³-hybridized carbons (Fsp3) is 0.259. The van der Waals surface area contributed by atoms with Crippen LogP contribution in [0.1, 0.15) is 41.1 Å². The first kappa shape index (κ1) is 20.3. The highest BCUT2D eigenvalue weighted by atomic mass is 16.2. The highest BCUT2D eigenvalue weighted by Crippen LogP contribution is 2.33. The lowest BCUT2D eigenvalue weighted by Gasteiger charge is -2.29. The van der Waals surface area contributed by atoms with Gasteiger partial charge in [0, 0.05) is 24.7 Å². The van der Waals surface area contributed by atoms with Crippen molar-refractivity contribution in [1.29, 1.82) is 0 Å². The van der Waals surface area contributed by atoms with Crippen molar-refractivity contribution in [2.45, 2.75) is 31.8 Å². The molecule has 32 heavy (non-hydrogen) atoms. The minimum atomic E-state index is -0.260. The number of nitrogens with zero attached hydrogens (tertiary/aromatic N) is 1. The van der Waals surface area contributed by atoms with Gasteiger partial charge in [-0.3, -0.25) is 4.79 Å². The van der Waals surface area contributed by atoms with E-state index >= 15 is 0 Å². The molecule has 2 aliphatic rings. The summed E-state index contributed by atoms with van der Waals surface area (Å²) in [5, 5.41) is 6.10. The number of fused-ring (bicyclic) bond motifs is 1. The van der Waals surface area contributed by atoms with E-state index < -0.39 is 0 Å². The van der Waals surface area contributed by atoms with Gasteiger partial charge < -0.3 is 15.5 Å². The Bertz CT molecular complexity index is 1070. The molecule has 0 spiro atoms. The summed E-state index contributed by atoms with van der Waals surface area (Å²) in [5.41, 5.74) is 5.15.